The largest absolute Gasteiger partial charge is 0.354 e. The summed E-state index contributed by atoms with van der Waals surface area (Å²) < 4.78 is 0. The molecule has 1 aromatic rings. The van der Waals surface area contributed by atoms with Crippen LogP contribution in [0.2, 0.25) is 0 Å². The summed E-state index contributed by atoms with van der Waals surface area (Å²) in [7, 11) is 4.13. The van der Waals surface area contributed by atoms with E-state index in [2.05, 4.69) is 55.5 Å². The van der Waals surface area contributed by atoms with E-state index in [-0.39, 0.29) is 17.9 Å². The Bertz CT molecular complexity index is 435. The molecule has 3 nitrogen and oxygen atoms in total. The summed E-state index contributed by atoms with van der Waals surface area (Å²) in [6.45, 7) is 2.85. The third-order valence-corrected chi connectivity index (χ3v) is 4.34. The van der Waals surface area contributed by atoms with Gasteiger partial charge in [-0.25, -0.2) is 0 Å². The number of rotatable bonds is 6. The Balaban J connectivity index is 1.96. The van der Waals surface area contributed by atoms with Crippen LogP contribution in [0.4, 0.5) is 0 Å². The van der Waals surface area contributed by atoms with Gasteiger partial charge in [0, 0.05) is 12.5 Å². The number of hydrogen-bond acceptors (Lipinski definition) is 2. The number of nitrogens with one attached hydrogen (secondary N) is 1. The van der Waals surface area contributed by atoms with Crippen molar-refractivity contribution in [3.05, 3.63) is 35.4 Å². The average molecular weight is 274 g/mol. The van der Waals surface area contributed by atoms with Crippen molar-refractivity contribution in [2.75, 3.05) is 20.6 Å². The van der Waals surface area contributed by atoms with E-state index in [4.69, 9.17) is 0 Å². The molecule has 0 bridgehead atoms. The van der Waals surface area contributed by atoms with Gasteiger partial charge in [0.05, 0.1) is 6.04 Å². The number of carbonyl (C=O) groups is 1. The SMILES string of the molecule is CCc1ccc(C(CNC(=O)C2CCC2)N(C)C)cc1. The number of likely N-dealkylation sites (N-methyl/N-ethyl adjacent to an activating group) is 1. The zero-order valence-corrected chi connectivity index (χ0v) is 12.9. The van der Waals surface area contributed by atoms with E-state index >= 15 is 0 Å². The van der Waals surface area contributed by atoms with E-state index in [9.17, 15) is 4.79 Å². The lowest BCUT2D eigenvalue weighted by Crippen LogP contribution is -2.39. The molecule has 1 unspecified atom stereocenters. The van der Waals surface area contributed by atoms with Crippen LogP contribution in [0.5, 0.6) is 0 Å². The van der Waals surface area contributed by atoms with Gasteiger partial charge < -0.3 is 10.2 Å². The number of nitrogens with zero attached hydrogens (tertiary/aromatic N) is 1. The summed E-state index contributed by atoms with van der Waals surface area (Å²) >= 11 is 0. The summed E-state index contributed by atoms with van der Waals surface area (Å²) in [6.07, 6.45) is 4.38. The lowest BCUT2D eigenvalue weighted by atomic mass is 9.85. The van der Waals surface area contributed by atoms with E-state index in [0.717, 1.165) is 19.3 Å². The molecule has 1 amide bonds. The minimum atomic E-state index is 0.230. The summed E-state index contributed by atoms with van der Waals surface area (Å²) in [4.78, 5) is 14.1. The van der Waals surface area contributed by atoms with Crippen LogP contribution >= 0.6 is 0 Å². The number of aryl methyl sites for hydroxylation is 1. The lowest BCUT2D eigenvalue weighted by molar-refractivity contribution is -0.127. The highest BCUT2D eigenvalue weighted by Crippen LogP contribution is 2.26. The standard InChI is InChI=1S/C17H26N2O/c1-4-13-8-10-14(11-9-13)16(19(2)3)12-18-17(20)15-6-5-7-15/h8-11,15-16H,4-7,12H2,1-3H3,(H,18,20). The van der Waals surface area contributed by atoms with Gasteiger partial charge in [-0.15, -0.1) is 0 Å². The second-order valence-electron chi connectivity index (χ2n) is 5.95. The highest BCUT2D eigenvalue weighted by atomic mass is 16.1. The number of benzene rings is 1. The Labute approximate surface area is 122 Å². The summed E-state index contributed by atoms with van der Waals surface area (Å²) in [6, 6.07) is 8.96. The fraction of sp³-hybridized carbons (Fsp3) is 0.588. The van der Waals surface area contributed by atoms with E-state index < -0.39 is 0 Å². The maximum Gasteiger partial charge on any atom is 0.223 e. The first-order valence-corrected chi connectivity index (χ1v) is 7.64. The van der Waals surface area contributed by atoms with Crippen molar-refractivity contribution < 1.29 is 4.79 Å². The van der Waals surface area contributed by atoms with Crippen molar-refractivity contribution in [3.63, 3.8) is 0 Å². The molecule has 2 rings (SSSR count). The van der Waals surface area contributed by atoms with Crippen LogP contribution in [0.15, 0.2) is 24.3 Å². The Morgan fingerprint density at radius 3 is 2.40 bits per heavy atom. The first-order chi connectivity index (χ1) is 9.61. The van der Waals surface area contributed by atoms with Gasteiger partial charge in [-0.2, -0.15) is 0 Å². The fourth-order valence-corrected chi connectivity index (χ4v) is 2.59. The summed E-state index contributed by atoms with van der Waals surface area (Å²) in [5.41, 5.74) is 2.62. The van der Waals surface area contributed by atoms with Gasteiger partial charge in [-0.3, -0.25) is 4.79 Å². The molecule has 1 aromatic carbocycles. The van der Waals surface area contributed by atoms with Crippen molar-refractivity contribution >= 4 is 5.91 Å². The van der Waals surface area contributed by atoms with Crippen molar-refractivity contribution in [1.82, 2.24) is 10.2 Å². The molecule has 110 valence electrons. The van der Waals surface area contributed by atoms with Gasteiger partial charge in [0.25, 0.3) is 0 Å². The van der Waals surface area contributed by atoms with E-state index in [0.29, 0.717) is 6.54 Å². The average Bonchev–Trinajstić information content (AvgIpc) is 2.37. The van der Waals surface area contributed by atoms with Crippen LogP contribution in [0.25, 0.3) is 0 Å². The Kier molecular flexibility index (Phi) is 5.18. The zero-order chi connectivity index (χ0) is 14.5. The Morgan fingerprint density at radius 1 is 1.30 bits per heavy atom. The molecule has 1 atom stereocenters. The fourth-order valence-electron chi connectivity index (χ4n) is 2.59. The molecule has 1 fully saturated rings. The molecule has 3 heteroatoms. The Morgan fingerprint density at radius 2 is 1.95 bits per heavy atom. The molecule has 0 heterocycles. The van der Waals surface area contributed by atoms with Crippen LogP contribution in [-0.4, -0.2) is 31.4 Å². The quantitative estimate of drug-likeness (QED) is 0.865. The van der Waals surface area contributed by atoms with Crippen LogP contribution in [0.3, 0.4) is 0 Å². The van der Waals surface area contributed by atoms with Crippen LogP contribution in [0, 0.1) is 5.92 Å². The molecule has 0 aliphatic heterocycles. The van der Waals surface area contributed by atoms with Gasteiger partial charge in [0.1, 0.15) is 0 Å². The molecular formula is C17H26N2O. The van der Waals surface area contributed by atoms with Gasteiger partial charge in [-0.1, -0.05) is 37.6 Å². The molecule has 0 spiro atoms. The van der Waals surface area contributed by atoms with Crippen LogP contribution in [0.1, 0.15) is 43.4 Å². The van der Waals surface area contributed by atoms with Crippen LogP contribution < -0.4 is 5.32 Å². The van der Waals surface area contributed by atoms with E-state index in [1.807, 2.05) is 0 Å². The normalized spacial score (nSPS) is 16.8. The van der Waals surface area contributed by atoms with Crippen molar-refractivity contribution in [2.24, 2.45) is 5.92 Å². The predicted octanol–water partition coefficient (Wildman–Crippen LogP) is 2.77. The van der Waals surface area contributed by atoms with Crippen molar-refractivity contribution in [2.45, 2.75) is 38.6 Å². The molecular weight excluding hydrogens is 248 g/mol. The Hall–Kier alpha value is -1.35. The summed E-state index contributed by atoms with van der Waals surface area (Å²) in [5, 5.41) is 3.11. The number of carbonyl (C=O) groups excluding carboxylic acids is 1. The molecule has 0 saturated heterocycles. The van der Waals surface area contributed by atoms with Gasteiger partial charge in [0.2, 0.25) is 5.91 Å². The molecule has 0 radical (unpaired) electrons. The van der Waals surface area contributed by atoms with Crippen molar-refractivity contribution in [3.8, 4) is 0 Å². The monoisotopic (exact) mass is 274 g/mol. The zero-order valence-electron chi connectivity index (χ0n) is 12.9. The second-order valence-corrected chi connectivity index (χ2v) is 5.95. The highest BCUT2D eigenvalue weighted by Gasteiger charge is 2.26. The molecule has 1 aliphatic rings. The van der Waals surface area contributed by atoms with Crippen molar-refractivity contribution in [1.29, 1.82) is 0 Å². The smallest absolute Gasteiger partial charge is 0.223 e. The molecule has 1 N–H and O–H groups in total. The second kappa shape index (κ2) is 6.89. The highest BCUT2D eigenvalue weighted by molar-refractivity contribution is 5.79. The molecule has 1 saturated carbocycles. The first kappa shape index (κ1) is 15.0. The van der Waals surface area contributed by atoms with Gasteiger partial charge in [0.15, 0.2) is 0 Å². The van der Waals surface area contributed by atoms with E-state index in [1.54, 1.807) is 0 Å². The topological polar surface area (TPSA) is 32.3 Å². The van der Waals surface area contributed by atoms with E-state index in [1.165, 1.54) is 17.5 Å². The first-order valence-electron chi connectivity index (χ1n) is 7.64. The lowest BCUT2D eigenvalue weighted by Gasteiger charge is -2.28. The minimum Gasteiger partial charge on any atom is -0.354 e. The predicted molar refractivity (Wildman–Crippen MR) is 82.6 cm³/mol. The maximum atomic E-state index is 12.0. The third kappa shape index (κ3) is 3.60. The minimum absolute atomic E-state index is 0.230. The summed E-state index contributed by atoms with van der Waals surface area (Å²) in [5.74, 6) is 0.494. The number of hydrogen-bond donors (Lipinski definition) is 1. The number of amides is 1. The maximum absolute atomic E-state index is 12.0. The molecule has 20 heavy (non-hydrogen) atoms. The van der Waals surface area contributed by atoms with Gasteiger partial charge >= 0.3 is 0 Å². The molecule has 0 aromatic heterocycles. The third-order valence-electron chi connectivity index (χ3n) is 4.34. The molecule has 1 aliphatic carbocycles. The van der Waals surface area contributed by atoms with Crippen LogP contribution in [-0.2, 0) is 11.2 Å². The van der Waals surface area contributed by atoms with Gasteiger partial charge in [-0.05, 0) is 44.5 Å².